The Hall–Kier alpha value is -3.59. The van der Waals surface area contributed by atoms with E-state index in [4.69, 9.17) is 4.42 Å². The summed E-state index contributed by atoms with van der Waals surface area (Å²) in [6.45, 7) is 3.92. The lowest BCUT2D eigenvalue weighted by atomic mass is 9.95. The summed E-state index contributed by atoms with van der Waals surface area (Å²) in [5.74, 6) is 1.15. The van der Waals surface area contributed by atoms with Gasteiger partial charge < -0.3 is 9.73 Å². The predicted molar refractivity (Wildman–Crippen MR) is 118 cm³/mol. The number of carbonyl (C=O) groups excluding carboxylic acids is 1. The number of carbonyl (C=O) groups is 1. The van der Waals surface area contributed by atoms with E-state index < -0.39 is 0 Å². The number of rotatable bonds is 5. The van der Waals surface area contributed by atoms with Gasteiger partial charge in [-0.25, -0.2) is 0 Å². The molecule has 0 aliphatic carbocycles. The first kappa shape index (κ1) is 18.8. The van der Waals surface area contributed by atoms with Gasteiger partial charge in [-0.2, -0.15) is 0 Å². The summed E-state index contributed by atoms with van der Waals surface area (Å²) in [5.41, 5.74) is 4.14. The van der Waals surface area contributed by atoms with Crippen molar-refractivity contribution in [1.29, 1.82) is 0 Å². The molecule has 0 aliphatic heterocycles. The molecule has 0 saturated carbocycles. The summed E-state index contributed by atoms with van der Waals surface area (Å²) in [4.78, 5) is 13.3. The van der Waals surface area contributed by atoms with Gasteiger partial charge in [0, 0.05) is 22.7 Å². The third-order valence-electron chi connectivity index (χ3n) is 4.69. The quantitative estimate of drug-likeness (QED) is 0.433. The summed E-state index contributed by atoms with van der Waals surface area (Å²) < 4.78 is 6.41. The first-order valence-corrected chi connectivity index (χ1v) is 9.79. The number of hydrogen-bond donors (Lipinski definition) is 1. The van der Waals surface area contributed by atoms with Crippen LogP contribution in [0.2, 0.25) is 0 Å². The molecule has 1 aromatic heterocycles. The van der Waals surface area contributed by atoms with Crippen molar-refractivity contribution in [3.63, 3.8) is 0 Å². The zero-order valence-electron chi connectivity index (χ0n) is 16.6. The van der Waals surface area contributed by atoms with Crippen LogP contribution in [0.25, 0.3) is 33.8 Å². The van der Waals surface area contributed by atoms with Crippen LogP contribution in [0.15, 0.2) is 95.4 Å². The van der Waals surface area contributed by atoms with Crippen LogP contribution in [0.5, 0.6) is 0 Å². The molecule has 144 valence electrons. The van der Waals surface area contributed by atoms with Gasteiger partial charge in [0.25, 0.3) is 5.91 Å². The molecule has 0 unspecified atom stereocenters. The van der Waals surface area contributed by atoms with E-state index in [9.17, 15) is 4.79 Å². The van der Waals surface area contributed by atoms with Crippen LogP contribution in [-0.4, -0.2) is 11.9 Å². The van der Waals surface area contributed by atoms with Crippen molar-refractivity contribution >= 4 is 5.91 Å². The van der Waals surface area contributed by atoms with Crippen molar-refractivity contribution in [2.45, 2.75) is 19.9 Å². The van der Waals surface area contributed by atoms with E-state index in [0.717, 1.165) is 22.3 Å². The van der Waals surface area contributed by atoms with E-state index in [2.05, 4.69) is 5.32 Å². The van der Waals surface area contributed by atoms with E-state index in [1.807, 2.05) is 105 Å². The molecule has 3 aromatic carbocycles. The zero-order chi connectivity index (χ0) is 20.2. The molecule has 0 aliphatic rings. The number of furan rings is 1. The van der Waals surface area contributed by atoms with Crippen molar-refractivity contribution in [3.8, 4) is 33.8 Å². The number of benzene rings is 3. The van der Waals surface area contributed by atoms with E-state index >= 15 is 0 Å². The Balaban J connectivity index is 2.04. The second-order valence-electron chi connectivity index (χ2n) is 7.24. The highest BCUT2D eigenvalue weighted by Gasteiger charge is 2.28. The highest BCUT2D eigenvalue weighted by Crippen LogP contribution is 2.43. The van der Waals surface area contributed by atoms with Gasteiger partial charge in [-0.15, -0.1) is 0 Å². The SMILES string of the molecule is CC(C)NC(=O)c1c(-c2ccccc2)oc(-c2ccccc2)c1-c1ccccc1. The van der Waals surface area contributed by atoms with Crippen molar-refractivity contribution in [2.24, 2.45) is 0 Å². The Kier molecular flexibility index (Phi) is 5.30. The van der Waals surface area contributed by atoms with Crippen molar-refractivity contribution in [2.75, 3.05) is 0 Å². The molecule has 1 N–H and O–H groups in total. The Morgan fingerprint density at radius 3 is 1.62 bits per heavy atom. The summed E-state index contributed by atoms with van der Waals surface area (Å²) in [6, 6.07) is 29.7. The molecule has 0 bridgehead atoms. The molecule has 0 spiro atoms. The van der Waals surface area contributed by atoms with E-state index in [1.165, 1.54) is 0 Å². The largest absolute Gasteiger partial charge is 0.455 e. The normalized spacial score (nSPS) is 10.9. The fourth-order valence-corrected chi connectivity index (χ4v) is 3.45. The van der Waals surface area contributed by atoms with Gasteiger partial charge in [-0.1, -0.05) is 91.0 Å². The molecule has 1 heterocycles. The van der Waals surface area contributed by atoms with E-state index in [1.54, 1.807) is 0 Å². The van der Waals surface area contributed by atoms with Gasteiger partial charge in [0.15, 0.2) is 0 Å². The van der Waals surface area contributed by atoms with Gasteiger partial charge in [0.2, 0.25) is 0 Å². The Morgan fingerprint density at radius 2 is 1.14 bits per heavy atom. The molecule has 0 atom stereocenters. The maximum atomic E-state index is 13.3. The van der Waals surface area contributed by atoms with Crippen LogP contribution >= 0.6 is 0 Å². The zero-order valence-corrected chi connectivity index (χ0v) is 16.6. The summed E-state index contributed by atoms with van der Waals surface area (Å²) >= 11 is 0. The highest BCUT2D eigenvalue weighted by atomic mass is 16.3. The molecule has 29 heavy (non-hydrogen) atoms. The van der Waals surface area contributed by atoms with Gasteiger partial charge in [0.1, 0.15) is 11.5 Å². The van der Waals surface area contributed by atoms with E-state index in [0.29, 0.717) is 17.1 Å². The van der Waals surface area contributed by atoms with E-state index in [-0.39, 0.29) is 11.9 Å². The van der Waals surface area contributed by atoms with Gasteiger partial charge in [-0.3, -0.25) is 4.79 Å². The molecule has 1 amide bonds. The maximum Gasteiger partial charge on any atom is 0.256 e. The first-order chi connectivity index (χ1) is 14.1. The molecular weight excluding hydrogens is 358 g/mol. The van der Waals surface area contributed by atoms with Crippen LogP contribution in [-0.2, 0) is 0 Å². The fraction of sp³-hybridized carbons (Fsp3) is 0.115. The van der Waals surface area contributed by atoms with Crippen LogP contribution in [0.1, 0.15) is 24.2 Å². The van der Waals surface area contributed by atoms with Crippen molar-refractivity contribution < 1.29 is 9.21 Å². The molecule has 3 nitrogen and oxygen atoms in total. The van der Waals surface area contributed by atoms with Gasteiger partial charge >= 0.3 is 0 Å². The lowest BCUT2D eigenvalue weighted by molar-refractivity contribution is 0.0944. The smallest absolute Gasteiger partial charge is 0.256 e. The summed E-state index contributed by atoms with van der Waals surface area (Å²) in [5, 5.41) is 3.05. The van der Waals surface area contributed by atoms with Gasteiger partial charge in [0.05, 0.1) is 5.56 Å². The lowest BCUT2D eigenvalue weighted by Gasteiger charge is -2.11. The maximum absolute atomic E-state index is 13.3. The van der Waals surface area contributed by atoms with Crippen molar-refractivity contribution in [1.82, 2.24) is 5.32 Å². The third-order valence-corrected chi connectivity index (χ3v) is 4.69. The number of nitrogens with one attached hydrogen (secondary N) is 1. The lowest BCUT2D eigenvalue weighted by Crippen LogP contribution is -2.30. The highest BCUT2D eigenvalue weighted by molar-refractivity contribution is 6.09. The monoisotopic (exact) mass is 381 g/mol. The Morgan fingerprint density at radius 1 is 0.690 bits per heavy atom. The minimum absolute atomic E-state index is 0.0184. The Labute approximate surface area is 171 Å². The molecule has 4 aromatic rings. The standard InChI is InChI=1S/C26H23NO2/c1-18(2)27-26(28)23-22(19-12-6-3-7-13-19)24(20-14-8-4-9-15-20)29-25(23)21-16-10-5-11-17-21/h3-18H,1-2H3,(H,27,28). The first-order valence-electron chi connectivity index (χ1n) is 9.79. The number of hydrogen-bond acceptors (Lipinski definition) is 2. The molecule has 0 fully saturated rings. The number of amides is 1. The Bertz CT molecular complexity index is 1100. The third kappa shape index (κ3) is 3.85. The molecule has 0 saturated heterocycles. The van der Waals surface area contributed by atoms with Crippen LogP contribution in [0.3, 0.4) is 0 Å². The summed E-state index contributed by atoms with van der Waals surface area (Å²) in [6.07, 6.45) is 0. The van der Waals surface area contributed by atoms with Crippen LogP contribution in [0, 0.1) is 0 Å². The topological polar surface area (TPSA) is 42.2 Å². The molecule has 0 radical (unpaired) electrons. The average molecular weight is 381 g/mol. The van der Waals surface area contributed by atoms with Crippen LogP contribution in [0.4, 0.5) is 0 Å². The van der Waals surface area contributed by atoms with Crippen molar-refractivity contribution in [3.05, 3.63) is 96.6 Å². The average Bonchev–Trinajstić information content (AvgIpc) is 3.16. The summed E-state index contributed by atoms with van der Waals surface area (Å²) in [7, 11) is 0. The molecule has 4 rings (SSSR count). The molecule has 3 heteroatoms. The molecular formula is C26H23NO2. The second-order valence-corrected chi connectivity index (χ2v) is 7.24. The van der Waals surface area contributed by atoms with Gasteiger partial charge in [-0.05, 0) is 19.4 Å². The second kappa shape index (κ2) is 8.19. The minimum atomic E-state index is -0.136. The fourth-order valence-electron chi connectivity index (χ4n) is 3.45. The minimum Gasteiger partial charge on any atom is -0.455 e. The predicted octanol–water partition coefficient (Wildman–Crippen LogP) is 6.42. The van der Waals surface area contributed by atoms with Crippen LogP contribution < -0.4 is 5.32 Å².